The van der Waals surface area contributed by atoms with Crippen molar-refractivity contribution in [2.24, 2.45) is 0 Å². The third kappa shape index (κ3) is 3.87. The molecule has 8 nitrogen and oxygen atoms in total. The highest BCUT2D eigenvalue weighted by Crippen LogP contribution is 2.19. The topological polar surface area (TPSA) is 90.0 Å². The highest BCUT2D eigenvalue weighted by Gasteiger charge is 2.15. The Kier molecular flexibility index (Phi) is 4.84. The third-order valence-electron chi connectivity index (χ3n) is 4.91. The second-order valence-electron chi connectivity index (χ2n) is 7.31. The Balaban J connectivity index is 1.50. The fourth-order valence-electron chi connectivity index (χ4n) is 3.60. The zero-order valence-corrected chi connectivity index (χ0v) is 17.0. The second-order valence-corrected chi connectivity index (χ2v) is 7.31. The molecule has 1 aromatic carbocycles. The van der Waals surface area contributed by atoms with E-state index in [9.17, 15) is 4.79 Å². The molecule has 0 radical (unpaired) electrons. The molecule has 3 aromatic heterocycles. The number of benzene rings is 1. The fourth-order valence-corrected chi connectivity index (χ4v) is 3.60. The van der Waals surface area contributed by atoms with E-state index in [0.717, 1.165) is 33.8 Å². The molecule has 148 valence electrons. The number of nitrogens with zero attached hydrogens (tertiary/aromatic N) is 6. The van der Waals surface area contributed by atoms with E-state index < -0.39 is 0 Å². The summed E-state index contributed by atoms with van der Waals surface area (Å²) < 4.78 is 3.41. The first-order valence-corrected chi connectivity index (χ1v) is 9.51. The lowest BCUT2D eigenvalue weighted by molar-refractivity contribution is -0.116. The summed E-state index contributed by atoms with van der Waals surface area (Å²) >= 11 is 0. The first-order valence-electron chi connectivity index (χ1n) is 9.51. The highest BCUT2D eigenvalue weighted by atomic mass is 16.1. The summed E-state index contributed by atoms with van der Waals surface area (Å²) in [4.78, 5) is 12.5. The van der Waals surface area contributed by atoms with E-state index in [0.29, 0.717) is 24.3 Å². The van der Waals surface area contributed by atoms with Crippen molar-refractivity contribution in [3.8, 4) is 5.82 Å². The van der Waals surface area contributed by atoms with E-state index >= 15 is 0 Å². The van der Waals surface area contributed by atoms with Gasteiger partial charge < -0.3 is 5.32 Å². The second kappa shape index (κ2) is 7.46. The van der Waals surface area contributed by atoms with E-state index in [2.05, 4.69) is 31.8 Å². The Morgan fingerprint density at radius 2 is 1.79 bits per heavy atom. The monoisotopic (exact) mass is 389 g/mol. The van der Waals surface area contributed by atoms with Gasteiger partial charge in [-0.15, -0.1) is 15.3 Å². The van der Waals surface area contributed by atoms with Crippen molar-refractivity contribution < 1.29 is 4.79 Å². The van der Waals surface area contributed by atoms with Crippen molar-refractivity contribution in [1.82, 2.24) is 29.6 Å². The summed E-state index contributed by atoms with van der Waals surface area (Å²) in [5, 5.41) is 19.9. The molecule has 1 N–H and O–H groups in total. The third-order valence-corrected chi connectivity index (χ3v) is 4.91. The molecule has 0 unspecified atom stereocenters. The number of carbonyl (C=O) groups excluding carboxylic acids is 1. The molecule has 0 saturated heterocycles. The summed E-state index contributed by atoms with van der Waals surface area (Å²) in [7, 11) is 0. The molecule has 0 bridgehead atoms. The van der Waals surface area contributed by atoms with Crippen LogP contribution in [0.5, 0.6) is 0 Å². The predicted octanol–water partition coefficient (Wildman–Crippen LogP) is 3.11. The lowest BCUT2D eigenvalue weighted by Gasteiger charge is -2.08. The van der Waals surface area contributed by atoms with E-state index in [1.165, 1.54) is 0 Å². The molecule has 0 fully saturated rings. The van der Waals surface area contributed by atoms with Crippen molar-refractivity contribution >= 4 is 17.2 Å². The van der Waals surface area contributed by atoms with Gasteiger partial charge in [0.2, 0.25) is 5.91 Å². The van der Waals surface area contributed by atoms with E-state index in [4.69, 9.17) is 0 Å². The maximum Gasteiger partial charge on any atom is 0.224 e. The Bertz CT molecular complexity index is 1180. The van der Waals surface area contributed by atoms with Gasteiger partial charge in [-0.05, 0) is 75.1 Å². The number of amides is 1. The van der Waals surface area contributed by atoms with Gasteiger partial charge in [-0.1, -0.05) is 6.07 Å². The Hall–Kier alpha value is -3.55. The summed E-state index contributed by atoms with van der Waals surface area (Å²) in [5.74, 6) is 0.675. The average molecular weight is 389 g/mol. The van der Waals surface area contributed by atoms with Crippen LogP contribution in [-0.4, -0.2) is 35.5 Å². The maximum absolute atomic E-state index is 12.5. The molecule has 1 amide bonds. The molecule has 0 aliphatic rings. The lowest BCUT2D eigenvalue weighted by atomic mass is 10.1. The summed E-state index contributed by atoms with van der Waals surface area (Å²) in [6.07, 6.45) is 2.56. The molecule has 0 spiro atoms. The van der Waals surface area contributed by atoms with Crippen molar-refractivity contribution in [2.75, 3.05) is 5.32 Å². The highest BCUT2D eigenvalue weighted by molar-refractivity contribution is 5.91. The van der Waals surface area contributed by atoms with Crippen LogP contribution in [0.3, 0.4) is 0 Å². The molecule has 4 rings (SSSR count). The molecule has 4 aromatic rings. The Morgan fingerprint density at radius 1 is 1.03 bits per heavy atom. The predicted molar refractivity (Wildman–Crippen MR) is 110 cm³/mol. The van der Waals surface area contributed by atoms with Gasteiger partial charge in [0, 0.05) is 17.8 Å². The van der Waals surface area contributed by atoms with E-state index in [1.807, 2.05) is 52.0 Å². The number of hydrogen-bond acceptors (Lipinski definition) is 5. The number of aromatic nitrogens is 6. The Labute approximate surface area is 168 Å². The molecule has 0 atom stereocenters. The van der Waals surface area contributed by atoms with Gasteiger partial charge >= 0.3 is 0 Å². The van der Waals surface area contributed by atoms with Crippen LogP contribution in [0.15, 0.2) is 36.7 Å². The van der Waals surface area contributed by atoms with Crippen molar-refractivity contribution in [3.63, 3.8) is 0 Å². The van der Waals surface area contributed by atoms with Gasteiger partial charge in [0.1, 0.15) is 6.33 Å². The molecule has 8 heteroatoms. The van der Waals surface area contributed by atoms with Gasteiger partial charge in [-0.3, -0.25) is 4.79 Å². The van der Waals surface area contributed by atoms with Gasteiger partial charge in [0.15, 0.2) is 11.5 Å². The molecule has 0 saturated carbocycles. The maximum atomic E-state index is 12.5. The van der Waals surface area contributed by atoms with Gasteiger partial charge in [-0.2, -0.15) is 9.61 Å². The first kappa shape index (κ1) is 18.8. The molecule has 29 heavy (non-hydrogen) atoms. The largest absolute Gasteiger partial charge is 0.326 e. The average Bonchev–Trinajstić information content (AvgIpc) is 3.23. The van der Waals surface area contributed by atoms with Crippen LogP contribution in [0.4, 0.5) is 5.69 Å². The number of fused-ring (bicyclic) bond motifs is 1. The fraction of sp³-hybridized carbons (Fsp3) is 0.286. The number of rotatable bonds is 5. The van der Waals surface area contributed by atoms with Crippen molar-refractivity contribution in [3.05, 3.63) is 64.7 Å². The molecule has 3 heterocycles. The standard InChI is InChI=1S/C21H23N7O/c1-13-9-14(2)11-17(10-13)23-21(29)8-5-18-15(3)25-28(16(18)4)20-7-6-19-24-22-12-27(19)26-20/h6-7,9-12H,5,8H2,1-4H3,(H,23,29). The normalized spacial score (nSPS) is 11.2. The SMILES string of the molecule is Cc1cc(C)cc(NC(=O)CCc2c(C)nn(-c3ccc4nncn4n3)c2C)c1. The molecule has 0 aliphatic carbocycles. The Morgan fingerprint density at radius 3 is 2.55 bits per heavy atom. The molecular weight excluding hydrogens is 366 g/mol. The van der Waals surface area contributed by atoms with E-state index in [-0.39, 0.29) is 5.91 Å². The number of carbonyl (C=O) groups is 1. The lowest BCUT2D eigenvalue weighted by Crippen LogP contribution is -2.13. The summed E-state index contributed by atoms with van der Waals surface area (Å²) in [5.41, 5.74) is 6.71. The van der Waals surface area contributed by atoms with Crippen LogP contribution >= 0.6 is 0 Å². The van der Waals surface area contributed by atoms with Crippen LogP contribution < -0.4 is 5.32 Å². The molecule has 0 aliphatic heterocycles. The number of nitrogens with one attached hydrogen (secondary N) is 1. The van der Waals surface area contributed by atoms with Crippen LogP contribution in [0.25, 0.3) is 11.5 Å². The van der Waals surface area contributed by atoms with Crippen molar-refractivity contribution in [2.45, 2.75) is 40.5 Å². The summed E-state index contributed by atoms with van der Waals surface area (Å²) in [6, 6.07) is 9.75. The van der Waals surface area contributed by atoms with Crippen LogP contribution in [0, 0.1) is 27.7 Å². The minimum Gasteiger partial charge on any atom is -0.326 e. The first-order chi connectivity index (χ1) is 13.9. The van der Waals surface area contributed by atoms with Gasteiger partial charge in [0.05, 0.1) is 5.69 Å². The van der Waals surface area contributed by atoms with Crippen LogP contribution in [0.2, 0.25) is 0 Å². The minimum atomic E-state index is -0.00872. The zero-order chi connectivity index (χ0) is 20.5. The van der Waals surface area contributed by atoms with Crippen molar-refractivity contribution in [1.29, 1.82) is 0 Å². The quantitative estimate of drug-likeness (QED) is 0.566. The van der Waals surface area contributed by atoms with E-state index in [1.54, 1.807) is 15.5 Å². The number of anilines is 1. The molecular formula is C21H23N7O. The van der Waals surface area contributed by atoms with Crippen LogP contribution in [-0.2, 0) is 11.2 Å². The van der Waals surface area contributed by atoms with Gasteiger partial charge in [-0.25, -0.2) is 4.68 Å². The summed E-state index contributed by atoms with van der Waals surface area (Å²) in [6.45, 7) is 8.00. The smallest absolute Gasteiger partial charge is 0.224 e. The zero-order valence-electron chi connectivity index (χ0n) is 17.0. The number of hydrogen-bond donors (Lipinski definition) is 1. The minimum absolute atomic E-state index is 0.00872. The number of aryl methyl sites for hydroxylation is 3. The van der Waals surface area contributed by atoms with Gasteiger partial charge in [0.25, 0.3) is 0 Å². The van der Waals surface area contributed by atoms with Crippen LogP contribution in [0.1, 0.15) is 34.5 Å².